The Morgan fingerprint density at radius 3 is 1.69 bits per heavy atom. The van der Waals surface area contributed by atoms with Gasteiger partial charge in [0, 0.05) is 0 Å². The lowest BCUT2D eigenvalue weighted by Gasteiger charge is -2.18. The quantitative estimate of drug-likeness (QED) is 0.313. The molecule has 0 rings (SSSR count). The highest BCUT2D eigenvalue weighted by Crippen LogP contribution is 2.24. The Morgan fingerprint density at radius 2 is 1.62 bits per heavy atom. The molecule has 0 amide bonds. The van der Waals surface area contributed by atoms with E-state index in [0.29, 0.717) is 0 Å². The van der Waals surface area contributed by atoms with Gasteiger partial charge < -0.3 is 10.2 Å². The van der Waals surface area contributed by atoms with Crippen molar-refractivity contribution in [3.05, 3.63) is 0 Å². The Balaban J connectivity index is 5.23. The first-order chi connectivity index (χ1) is 5.93. The third kappa shape index (κ3) is 1.59. The molecular weight excluding hydrogens is 184 g/mol. The summed E-state index contributed by atoms with van der Waals surface area (Å²) in [7, 11) is 0. The van der Waals surface area contributed by atoms with Crippen LogP contribution in [0.15, 0.2) is 0 Å². The van der Waals surface area contributed by atoms with Crippen molar-refractivity contribution in [3.63, 3.8) is 0 Å². The summed E-state index contributed by atoms with van der Waals surface area (Å²) in [4.78, 5) is 34.8. The average molecular weight is 192 g/mol. The maximum Gasteiger partial charge on any atom is 0.370 e. The second-order valence-electron chi connectivity index (χ2n) is 2.25. The van der Waals surface area contributed by atoms with Crippen molar-refractivity contribution in [2.75, 3.05) is 0 Å². The third-order valence-electron chi connectivity index (χ3n) is 1.69. The molecule has 0 aliphatic rings. The van der Waals surface area contributed by atoms with Gasteiger partial charge in [0.1, 0.15) is 0 Å². The molecular formula is C6H8O7. The van der Waals surface area contributed by atoms with Gasteiger partial charge in [-0.25, -0.2) is 4.79 Å². The molecule has 0 heterocycles. The number of hydrogen-bond donors (Lipinski definition) is 3. The lowest BCUT2D eigenvalue weighted by Crippen LogP contribution is -2.46. The van der Waals surface area contributed by atoms with Crippen LogP contribution in [0.1, 0.15) is 13.3 Å². The van der Waals surface area contributed by atoms with E-state index in [1.807, 2.05) is 0 Å². The number of carbonyl (C=O) groups is 3. The summed E-state index contributed by atoms with van der Waals surface area (Å²) in [5.41, 5.74) is -2.73. The van der Waals surface area contributed by atoms with Gasteiger partial charge in [0.2, 0.25) is 0 Å². The van der Waals surface area contributed by atoms with Gasteiger partial charge in [0.05, 0.1) is 0 Å². The molecule has 0 atom stereocenters. The van der Waals surface area contributed by atoms with Crippen molar-refractivity contribution in [2.45, 2.75) is 13.3 Å². The molecule has 0 aromatic heterocycles. The van der Waals surface area contributed by atoms with Crippen LogP contribution in [-0.4, -0.2) is 33.4 Å². The molecule has 0 saturated heterocycles. The summed E-state index contributed by atoms with van der Waals surface area (Å²) in [5.74, 6) is -5.46. The standard InChI is InChI=1S/C6H8O7/c1-2-6(3(7)8,4(9)10)5(11)13-12/h12H,2H2,1H3,(H,7,8)(H,9,10). The predicted octanol–water partition coefficient (Wildman–Crippen LogP) is -0.432. The summed E-state index contributed by atoms with van der Waals surface area (Å²) < 4.78 is 0. The van der Waals surface area contributed by atoms with Gasteiger partial charge >= 0.3 is 17.9 Å². The fraction of sp³-hybridized carbons (Fsp3) is 0.500. The minimum absolute atomic E-state index is 0.517. The lowest BCUT2D eigenvalue weighted by molar-refractivity contribution is -0.246. The zero-order valence-corrected chi connectivity index (χ0v) is 6.68. The summed E-state index contributed by atoms with van der Waals surface area (Å²) >= 11 is 0. The number of hydrogen-bond acceptors (Lipinski definition) is 5. The summed E-state index contributed by atoms with van der Waals surface area (Å²) in [5, 5.41) is 24.9. The van der Waals surface area contributed by atoms with Gasteiger partial charge in [0.15, 0.2) is 0 Å². The molecule has 0 radical (unpaired) electrons. The zero-order chi connectivity index (χ0) is 10.6. The van der Waals surface area contributed by atoms with Crippen molar-refractivity contribution < 1.29 is 34.7 Å². The van der Waals surface area contributed by atoms with Gasteiger partial charge in [-0.1, -0.05) is 6.92 Å². The van der Waals surface area contributed by atoms with Crippen LogP contribution < -0.4 is 0 Å². The molecule has 0 aromatic carbocycles. The predicted molar refractivity (Wildman–Crippen MR) is 36.7 cm³/mol. The zero-order valence-electron chi connectivity index (χ0n) is 6.68. The highest BCUT2D eigenvalue weighted by atomic mass is 17.1. The second kappa shape index (κ2) is 3.85. The van der Waals surface area contributed by atoms with Gasteiger partial charge in [-0.2, -0.15) is 5.26 Å². The number of carboxylic acids is 2. The number of carboxylic acid groups (broad SMARTS) is 2. The van der Waals surface area contributed by atoms with Crippen molar-refractivity contribution in [1.82, 2.24) is 0 Å². The van der Waals surface area contributed by atoms with Gasteiger partial charge in [-0.15, -0.1) is 0 Å². The van der Waals surface area contributed by atoms with Crippen molar-refractivity contribution in [3.8, 4) is 0 Å². The highest BCUT2D eigenvalue weighted by molar-refractivity contribution is 6.16. The fourth-order valence-electron chi connectivity index (χ4n) is 0.791. The first-order valence-electron chi connectivity index (χ1n) is 3.26. The molecule has 3 N–H and O–H groups in total. The fourth-order valence-corrected chi connectivity index (χ4v) is 0.791. The molecule has 7 nitrogen and oxygen atoms in total. The summed E-state index contributed by atoms with van der Waals surface area (Å²) in [6.07, 6.45) is -0.517. The first kappa shape index (κ1) is 11.4. The Labute approximate surface area is 72.5 Å². The van der Waals surface area contributed by atoms with E-state index in [-0.39, 0.29) is 0 Å². The van der Waals surface area contributed by atoms with Crippen LogP contribution in [0.3, 0.4) is 0 Å². The average Bonchev–Trinajstić information content (AvgIpc) is 2.04. The molecule has 0 unspecified atom stereocenters. The normalized spacial score (nSPS) is 10.6. The van der Waals surface area contributed by atoms with Crippen LogP contribution in [-0.2, 0) is 19.3 Å². The van der Waals surface area contributed by atoms with Crippen LogP contribution in [0.4, 0.5) is 0 Å². The maximum atomic E-state index is 10.7. The number of rotatable bonds is 4. The van der Waals surface area contributed by atoms with E-state index < -0.39 is 29.7 Å². The van der Waals surface area contributed by atoms with E-state index in [9.17, 15) is 14.4 Å². The van der Waals surface area contributed by atoms with E-state index in [4.69, 9.17) is 15.5 Å². The van der Waals surface area contributed by atoms with Crippen LogP contribution >= 0.6 is 0 Å². The molecule has 0 spiro atoms. The second-order valence-corrected chi connectivity index (χ2v) is 2.25. The molecule has 74 valence electrons. The molecule has 7 heteroatoms. The Hall–Kier alpha value is -1.63. The first-order valence-corrected chi connectivity index (χ1v) is 3.26. The topological polar surface area (TPSA) is 121 Å². The van der Waals surface area contributed by atoms with Crippen LogP contribution in [0.2, 0.25) is 0 Å². The smallest absolute Gasteiger partial charge is 0.370 e. The van der Waals surface area contributed by atoms with Gasteiger partial charge in [-0.05, 0) is 6.42 Å². The molecule has 0 bridgehead atoms. The third-order valence-corrected chi connectivity index (χ3v) is 1.69. The van der Waals surface area contributed by atoms with Crippen LogP contribution in [0, 0.1) is 5.41 Å². The molecule has 13 heavy (non-hydrogen) atoms. The number of carbonyl (C=O) groups excluding carboxylic acids is 1. The minimum Gasteiger partial charge on any atom is -0.480 e. The SMILES string of the molecule is CCC(C(=O)O)(C(=O)O)C(=O)OO. The van der Waals surface area contributed by atoms with Gasteiger partial charge in [-0.3, -0.25) is 14.5 Å². The summed E-state index contributed by atoms with van der Waals surface area (Å²) in [6, 6.07) is 0. The van der Waals surface area contributed by atoms with Gasteiger partial charge in [0.25, 0.3) is 5.41 Å². The van der Waals surface area contributed by atoms with E-state index in [2.05, 4.69) is 4.89 Å². The van der Waals surface area contributed by atoms with Crippen LogP contribution in [0.5, 0.6) is 0 Å². The molecule has 0 aliphatic heterocycles. The van der Waals surface area contributed by atoms with Crippen molar-refractivity contribution >= 4 is 17.9 Å². The Morgan fingerprint density at radius 1 is 1.23 bits per heavy atom. The van der Waals surface area contributed by atoms with E-state index in [1.165, 1.54) is 6.92 Å². The Kier molecular flexibility index (Phi) is 3.37. The minimum atomic E-state index is -2.73. The molecule has 0 fully saturated rings. The van der Waals surface area contributed by atoms with E-state index in [0.717, 1.165) is 0 Å². The van der Waals surface area contributed by atoms with E-state index in [1.54, 1.807) is 0 Å². The highest BCUT2D eigenvalue weighted by Gasteiger charge is 2.54. The molecule has 0 aromatic rings. The van der Waals surface area contributed by atoms with E-state index >= 15 is 0 Å². The molecule has 0 saturated carbocycles. The van der Waals surface area contributed by atoms with Crippen LogP contribution in [0.25, 0.3) is 0 Å². The Bertz CT molecular complexity index is 229. The summed E-state index contributed by atoms with van der Waals surface area (Å²) in [6.45, 7) is 1.18. The monoisotopic (exact) mass is 192 g/mol. The largest absolute Gasteiger partial charge is 0.480 e. The molecule has 0 aliphatic carbocycles. The number of aliphatic carboxylic acids is 2. The van der Waals surface area contributed by atoms with Crippen molar-refractivity contribution in [2.24, 2.45) is 5.41 Å². The maximum absolute atomic E-state index is 10.7. The lowest BCUT2D eigenvalue weighted by atomic mass is 9.85. The van der Waals surface area contributed by atoms with Crippen molar-refractivity contribution in [1.29, 1.82) is 0 Å².